The second kappa shape index (κ2) is 8.90. The first-order valence-electron chi connectivity index (χ1n) is 9.78. The van der Waals surface area contributed by atoms with Crippen molar-refractivity contribution in [3.05, 3.63) is 58.7 Å². The van der Waals surface area contributed by atoms with E-state index in [2.05, 4.69) is 4.72 Å². The third-order valence-corrected chi connectivity index (χ3v) is 6.61. The lowest BCUT2D eigenvalue weighted by Crippen LogP contribution is -2.31. The van der Waals surface area contributed by atoms with E-state index in [1.807, 2.05) is 0 Å². The van der Waals surface area contributed by atoms with E-state index >= 15 is 0 Å². The summed E-state index contributed by atoms with van der Waals surface area (Å²) in [7, 11) is -4.63. The molecule has 1 unspecified atom stereocenters. The van der Waals surface area contributed by atoms with Gasteiger partial charge in [-0.05, 0) is 54.7 Å². The number of carboxylic acids is 1. The third-order valence-electron chi connectivity index (χ3n) is 5.16. The fourth-order valence-corrected chi connectivity index (χ4v) is 4.96. The van der Waals surface area contributed by atoms with E-state index in [4.69, 9.17) is 9.84 Å². The number of carboxylic acid groups (broad SMARTS) is 1. The summed E-state index contributed by atoms with van der Waals surface area (Å²) < 4.78 is 101. The van der Waals surface area contributed by atoms with Crippen molar-refractivity contribution in [1.82, 2.24) is 4.72 Å². The molecule has 1 atom stereocenters. The first kappa shape index (κ1) is 24.9. The van der Waals surface area contributed by atoms with Gasteiger partial charge >= 0.3 is 12.1 Å². The van der Waals surface area contributed by atoms with Gasteiger partial charge < -0.3 is 9.84 Å². The van der Waals surface area contributed by atoms with E-state index < -0.39 is 56.8 Å². The lowest BCUT2D eigenvalue weighted by atomic mass is 9.87. The lowest BCUT2D eigenvalue weighted by molar-refractivity contribution is -0.139. The minimum absolute atomic E-state index is 0.223. The van der Waals surface area contributed by atoms with E-state index in [0.29, 0.717) is 49.4 Å². The van der Waals surface area contributed by atoms with Crippen molar-refractivity contribution < 1.29 is 45.0 Å². The van der Waals surface area contributed by atoms with Crippen molar-refractivity contribution in [2.75, 3.05) is 6.61 Å². The molecule has 180 valence electrons. The Kier molecular flexibility index (Phi) is 6.72. The fourth-order valence-electron chi connectivity index (χ4n) is 3.64. The maximum absolute atomic E-state index is 13.8. The molecule has 2 aromatic carbocycles. The highest BCUT2D eigenvalue weighted by atomic mass is 32.2. The van der Waals surface area contributed by atoms with Crippen LogP contribution in [-0.4, -0.2) is 26.1 Å². The highest BCUT2D eigenvalue weighted by Gasteiger charge is 2.37. The van der Waals surface area contributed by atoms with Gasteiger partial charge in [-0.25, -0.2) is 26.7 Å². The smallest absolute Gasteiger partial charge is 0.416 e. The number of sulfonamides is 1. The molecule has 0 amide bonds. The Labute approximate surface area is 186 Å². The molecule has 0 saturated heterocycles. The molecule has 1 aliphatic rings. The molecule has 0 saturated carbocycles. The van der Waals surface area contributed by atoms with Gasteiger partial charge in [-0.15, -0.1) is 0 Å². The number of halogens is 5. The minimum atomic E-state index is -5.03. The van der Waals surface area contributed by atoms with Crippen LogP contribution in [0.5, 0.6) is 5.75 Å². The van der Waals surface area contributed by atoms with Crippen molar-refractivity contribution in [1.29, 1.82) is 0 Å². The fraction of sp³-hybridized carbons (Fsp3) is 0.381. The molecular weight excluding hydrogens is 473 g/mol. The summed E-state index contributed by atoms with van der Waals surface area (Å²) in [6, 6.07) is 4.84. The highest BCUT2D eigenvalue weighted by molar-refractivity contribution is 7.89. The number of ether oxygens (including phenoxy) is 1. The highest BCUT2D eigenvalue weighted by Crippen LogP contribution is 2.38. The number of hydrogen-bond acceptors (Lipinski definition) is 4. The molecule has 0 aromatic heterocycles. The Hall–Kier alpha value is -2.73. The van der Waals surface area contributed by atoms with Crippen LogP contribution in [0.1, 0.15) is 48.1 Å². The Morgan fingerprint density at radius 1 is 1.15 bits per heavy atom. The zero-order chi connectivity index (χ0) is 24.6. The van der Waals surface area contributed by atoms with Crippen molar-refractivity contribution in [2.45, 2.75) is 49.2 Å². The summed E-state index contributed by atoms with van der Waals surface area (Å²) in [4.78, 5) is 9.86. The van der Waals surface area contributed by atoms with Gasteiger partial charge in [0.25, 0.3) is 5.92 Å². The van der Waals surface area contributed by atoms with Crippen LogP contribution in [0.3, 0.4) is 0 Å². The monoisotopic (exact) mass is 493 g/mol. The Morgan fingerprint density at radius 3 is 2.42 bits per heavy atom. The summed E-state index contributed by atoms with van der Waals surface area (Å²) in [6.07, 6.45) is -3.78. The molecule has 1 aliphatic carbocycles. The van der Waals surface area contributed by atoms with Crippen molar-refractivity contribution >= 4 is 16.0 Å². The second-order valence-electron chi connectivity index (χ2n) is 7.70. The van der Waals surface area contributed by atoms with Gasteiger partial charge in [-0.1, -0.05) is 12.1 Å². The predicted molar refractivity (Wildman–Crippen MR) is 107 cm³/mol. The van der Waals surface area contributed by atoms with Gasteiger partial charge in [0, 0.05) is 18.5 Å². The second-order valence-corrected chi connectivity index (χ2v) is 9.42. The largest absolute Gasteiger partial charge is 0.482 e. The van der Waals surface area contributed by atoms with E-state index in [1.54, 1.807) is 6.07 Å². The molecule has 0 radical (unpaired) electrons. The van der Waals surface area contributed by atoms with E-state index in [0.717, 1.165) is 0 Å². The minimum Gasteiger partial charge on any atom is -0.482 e. The molecule has 2 aromatic rings. The first-order chi connectivity index (χ1) is 15.2. The molecule has 0 heterocycles. The van der Waals surface area contributed by atoms with E-state index in [1.165, 1.54) is 12.1 Å². The number of benzene rings is 2. The molecule has 12 heteroatoms. The van der Waals surface area contributed by atoms with E-state index in [9.17, 15) is 35.2 Å². The maximum Gasteiger partial charge on any atom is 0.416 e. The standard InChI is InChI=1S/C21H20F5NO5S/c1-20(22,23)12-8-13(21(24,25)26)10-14(9-12)33(30,31)27-17-6-2-5-16-15(17)4-3-7-18(16)32-11-19(28)29/h3-4,7-10,17,27H,2,5-6,11H2,1H3,(H,28,29). The van der Waals surface area contributed by atoms with Crippen molar-refractivity contribution in [3.63, 3.8) is 0 Å². The molecule has 6 nitrogen and oxygen atoms in total. The van der Waals surface area contributed by atoms with Crippen LogP contribution in [-0.2, 0) is 33.3 Å². The zero-order valence-electron chi connectivity index (χ0n) is 17.2. The van der Waals surface area contributed by atoms with Crippen LogP contribution in [0.4, 0.5) is 22.0 Å². The van der Waals surface area contributed by atoms with Crippen LogP contribution < -0.4 is 9.46 Å². The van der Waals surface area contributed by atoms with Gasteiger partial charge in [0.15, 0.2) is 6.61 Å². The van der Waals surface area contributed by atoms with E-state index in [-0.39, 0.29) is 11.8 Å². The van der Waals surface area contributed by atoms with Gasteiger partial charge in [0.05, 0.1) is 10.5 Å². The van der Waals surface area contributed by atoms with Crippen molar-refractivity contribution in [3.8, 4) is 5.75 Å². The molecule has 0 bridgehead atoms. The number of hydrogen-bond donors (Lipinski definition) is 2. The maximum atomic E-state index is 13.8. The topological polar surface area (TPSA) is 92.7 Å². The zero-order valence-corrected chi connectivity index (χ0v) is 18.1. The number of rotatable bonds is 7. The summed E-state index contributed by atoms with van der Waals surface area (Å²) in [5.74, 6) is -4.64. The van der Waals surface area contributed by atoms with Crippen LogP contribution >= 0.6 is 0 Å². The summed E-state index contributed by atoms with van der Waals surface area (Å²) in [6.45, 7) is -0.229. The summed E-state index contributed by atoms with van der Waals surface area (Å²) in [5, 5.41) is 8.82. The average Bonchev–Trinajstić information content (AvgIpc) is 2.70. The van der Waals surface area contributed by atoms with Crippen LogP contribution in [0, 0.1) is 0 Å². The predicted octanol–water partition coefficient (Wildman–Crippen LogP) is 4.64. The number of alkyl halides is 5. The quantitative estimate of drug-likeness (QED) is 0.549. The molecule has 3 rings (SSSR count). The summed E-state index contributed by atoms with van der Waals surface area (Å²) >= 11 is 0. The Bertz CT molecular complexity index is 1130. The molecule has 0 spiro atoms. The number of fused-ring (bicyclic) bond motifs is 1. The number of nitrogens with one attached hydrogen (secondary N) is 1. The Morgan fingerprint density at radius 2 is 1.82 bits per heavy atom. The van der Waals surface area contributed by atoms with Crippen molar-refractivity contribution in [2.24, 2.45) is 0 Å². The molecule has 0 fully saturated rings. The van der Waals surface area contributed by atoms with Crippen LogP contribution in [0.15, 0.2) is 41.3 Å². The normalized spacial score (nSPS) is 16.8. The molecule has 2 N–H and O–H groups in total. The summed E-state index contributed by atoms with van der Waals surface area (Å²) in [5.41, 5.74) is -1.54. The van der Waals surface area contributed by atoms with Gasteiger partial charge in [0.2, 0.25) is 10.0 Å². The average molecular weight is 493 g/mol. The number of aliphatic carboxylic acids is 1. The molecular formula is C21H20F5NO5S. The third kappa shape index (κ3) is 5.80. The van der Waals surface area contributed by atoms with Crippen LogP contribution in [0.25, 0.3) is 0 Å². The van der Waals surface area contributed by atoms with Crippen LogP contribution in [0.2, 0.25) is 0 Å². The SMILES string of the molecule is CC(F)(F)c1cc(C(F)(F)F)cc(S(=O)(=O)NC2CCCc3c(OCC(=O)O)cccc32)c1. The van der Waals surface area contributed by atoms with Gasteiger partial charge in [0.1, 0.15) is 5.75 Å². The Balaban J connectivity index is 1.99. The van der Waals surface area contributed by atoms with Gasteiger partial charge in [-0.3, -0.25) is 0 Å². The lowest BCUT2D eigenvalue weighted by Gasteiger charge is -2.28. The first-order valence-corrected chi connectivity index (χ1v) is 11.3. The molecule has 0 aliphatic heterocycles. The number of carbonyl (C=O) groups is 1. The van der Waals surface area contributed by atoms with Gasteiger partial charge in [-0.2, -0.15) is 13.2 Å². The molecule has 33 heavy (non-hydrogen) atoms.